The van der Waals surface area contributed by atoms with Crippen LogP contribution in [-0.2, 0) is 9.84 Å². The summed E-state index contributed by atoms with van der Waals surface area (Å²) in [7, 11) is -4.01. The second-order valence-corrected chi connectivity index (χ2v) is 6.17. The molecule has 0 radical (unpaired) electrons. The van der Waals surface area contributed by atoms with E-state index in [9.17, 15) is 18.0 Å². The van der Waals surface area contributed by atoms with Crippen LogP contribution in [-0.4, -0.2) is 25.3 Å². The fourth-order valence-electron chi connectivity index (χ4n) is 2.32. The minimum absolute atomic E-state index is 0. The maximum absolute atomic E-state index is 12.6. The number of aromatic carboxylic acids is 1. The van der Waals surface area contributed by atoms with Crippen molar-refractivity contribution in [3.05, 3.63) is 59.2 Å². The first-order valence-electron chi connectivity index (χ1n) is 5.69. The molecule has 100 valence electrons. The summed E-state index contributed by atoms with van der Waals surface area (Å²) in [5.74, 6) is -1.86. The van der Waals surface area contributed by atoms with Crippen molar-refractivity contribution in [1.29, 1.82) is 0 Å². The number of fused-ring (bicyclic) bond motifs is 2. The molecule has 0 amide bonds. The summed E-state index contributed by atoms with van der Waals surface area (Å²) in [6, 6.07) is 9.67. The van der Waals surface area contributed by atoms with Crippen LogP contribution in [0, 0.1) is 0 Å². The van der Waals surface area contributed by atoms with Crippen molar-refractivity contribution in [2.45, 2.75) is 9.79 Å². The van der Waals surface area contributed by atoms with E-state index in [-0.39, 0.29) is 51.1 Å². The number of ketones is 1. The van der Waals surface area contributed by atoms with Gasteiger partial charge in [-0.05, 0) is 24.3 Å². The van der Waals surface area contributed by atoms with E-state index in [4.69, 9.17) is 5.11 Å². The Bertz CT molecular complexity index is 871. The van der Waals surface area contributed by atoms with Gasteiger partial charge in [0.15, 0.2) is 5.78 Å². The van der Waals surface area contributed by atoms with E-state index in [1.54, 1.807) is 6.07 Å². The third-order valence-electron chi connectivity index (χ3n) is 3.18. The third kappa shape index (κ3) is 2.24. The second kappa shape index (κ2) is 5.38. The quantitative estimate of drug-likeness (QED) is 0.568. The zero-order valence-electron chi connectivity index (χ0n) is 11.0. The predicted octanol–water partition coefficient (Wildman–Crippen LogP) is -1.23. The molecule has 0 aromatic heterocycles. The van der Waals surface area contributed by atoms with Gasteiger partial charge in [-0.1, -0.05) is 18.2 Å². The Hall–Kier alpha value is -1.47. The number of sulfone groups is 1. The summed E-state index contributed by atoms with van der Waals surface area (Å²) in [6.45, 7) is 0. The van der Waals surface area contributed by atoms with Gasteiger partial charge in [0, 0.05) is 11.1 Å². The molecule has 0 unspecified atom stereocenters. The summed E-state index contributed by atoms with van der Waals surface area (Å²) >= 11 is 0. The number of hydrogen-bond donors (Lipinski definition) is 1. The molecule has 1 aliphatic rings. The van der Waals surface area contributed by atoms with E-state index in [1.165, 1.54) is 36.4 Å². The van der Waals surface area contributed by atoms with Crippen molar-refractivity contribution >= 4 is 21.6 Å². The average molecular weight is 311 g/mol. The first-order valence-corrected chi connectivity index (χ1v) is 7.18. The molecule has 1 N–H and O–H groups in total. The molecular formula is C14H8NaO5S+. The first-order chi connectivity index (χ1) is 9.44. The molecule has 0 saturated carbocycles. The van der Waals surface area contributed by atoms with Gasteiger partial charge in [0.2, 0.25) is 9.84 Å². The molecular weight excluding hydrogens is 303 g/mol. The normalized spacial score (nSPS) is 14.6. The second-order valence-electron chi connectivity index (χ2n) is 4.32. The number of carbonyl (C=O) groups is 2. The Kier molecular flexibility index (Phi) is 4.08. The van der Waals surface area contributed by atoms with Crippen molar-refractivity contribution in [3.63, 3.8) is 0 Å². The van der Waals surface area contributed by atoms with Gasteiger partial charge in [-0.15, -0.1) is 0 Å². The summed E-state index contributed by atoms with van der Waals surface area (Å²) in [5, 5.41) is 9.13. The van der Waals surface area contributed by atoms with Crippen LogP contribution < -0.4 is 29.6 Å². The summed E-state index contributed by atoms with van der Waals surface area (Å²) in [5.41, 5.74) is -0.406. The topological polar surface area (TPSA) is 88.5 Å². The SMILES string of the molecule is O=C(O)c1cccc2c1S(=O)(=O)c1ccccc1C2=O.[Na+]. The van der Waals surface area contributed by atoms with Crippen LogP contribution in [0.5, 0.6) is 0 Å². The number of carboxylic acid groups (broad SMARTS) is 1. The monoisotopic (exact) mass is 311 g/mol. The Morgan fingerprint density at radius 1 is 0.952 bits per heavy atom. The maximum Gasteiger partial charge on any atom is 1.00 e. The Labute approximate surface area is 142 Å². The van der Waals surface area contributed by atoms with Crippen LogP contribution in [0.3, 0.4) is 0 Å². The minimum atomic E-state index is -4.01. The zero-order chi connectivity index (χ0) is 14.5. The number of carboxylic acids is 1. The molecule has 5 nitrogen and oxygen atoms in total. The fourth-order valence-corrected chi connectivity index (χ4v) is 4.14. The largest absolute Gasteiger partial charge is 1.00 e. The van der Waals surface area contributed by atoms with Gasteiger partial charge >= 0.3 is 35.5 Å². The standard InChI is InChI=1S/C14H8O5S.Na/c15-12-8-4-1-2-7-11(8)20(18,19)13-9(12)5-3-6-10(13)14(16)17;/h1-7H,(H,16,17);/q;+1. The van der Waals surface area contributed by atoms with E-state index >= 15 is 0 Å². The molecule has 3 rings (SSSR count). The van der Waals surface area contributed by atoms with Crippen LogP contribution in [0.1, 0.15) is 26.3 Å². The molecule has 1 aliphatic heterocycles. The van der Waals surface area contributed by atoms with Gasteiger partial charge in [-0.2, -0.15) is 0 Å². The van der Waals surface area contributed by atoms with E-state index < -0.39 is 26.5 Å². The summed E-state index contributed by atoms with van der Waals surface area (Å²) in [6.07, 6.45) is 0. The summed E-state index contributed by atoms with van der Waals surface area (Å²) < 4.78 is 25.1. The molecule has 7 heteroatoms. The van der Waals surface area contributed by atoms with Crippen LogP contribution in [0.2, 0.25) is 0 Å². The molecule has 0 bridgehead atoms. The van der Waals surface area contributed by atoms with Crippen molar-refractivity contribution in [1.82, 2.24) is 0 Å². The van der Waals surface area contributed by atoms with Crippen molar-refractivity contribution < 1.29 is 52.7 Å². The van der Waals surface area contributed by atoms with Crippen molar-refractivity contribution in [2.75, 3.05) is 0 Å². The molecule has 2 aromatic rings. The minimum Gasteiger partial charge on any atom is -0.478 e. The van der Waals surface area contributed by atoms with Crippen LogP contribution in [0.15, 0.2) is 52.3 Å². The molecule has 0 aliphatic carbocycles. The van der Waals surface area contributed by atoms with E-state index in [0.717, 1.165) is 0 Å². The molecule has 0 fully saturated rings. The smallest absolute Gasteiger partial charge is 0.478 e. The van der Waals surface area contributed by atoms with Crippen LogP contribution in [0.4, 0.5) is 0 Å². The Morgan fingerprint density at radius 2 is 1.57 bits per heavy atom. The van der Waals surface area contributed by atoms with E-state index in [2.05, 4.69) is 0 Å². The first kappa shape index (κ1) is 15.9. The predicted molar refractivity (Wildman–Crippen MR) is 68.7 cm³/mol. The van der Waals surface area contributed by atoms with Gasteiger partial charge in [-0.25, -0.2) is 13.2 Å². The maximum atomic E-state index is 12.6. The zero-order valence-corrected chi connectivity index (χ0v) is 13.8. The Balaban J connectivity index is 0.00000161. The Morgan fingerprint density at radius 3 is 2.24 bits per heavy atom. The molecule has 1 heterocycles. The van der Waals surface area contributed by atoms with Gasteiger partial charge < -0.3 is 5.11 Å². The van der Waals surface area contributed by atoms with Gasteiger partial charge in [0.05, 0.1) is 15.4 Å². The number of carbonyl (C=O) groups excluding carboxylic acids is 1. The third-order valence-corrected chi connectivity index (χ3v) is 5.09. The fraction of sp³-hybridized carbons (Fsp3) is 0. The van der Waals surface area contributed by atoms with Crippen LogP contribution in [0.25, 0.3) is 0 Å². The number of benzene rings is 2. The number of hydrogen-bond acceptors (Lipinski definition) is 4. The molecule has 0 atom stereocenters. The van der Waals surface area contributed by atoms with Crippen molar-refractivity contribution in [2.24, 2.45) is 0 Å². The molecule has 21 heavy (non-hydrogen) atoms. The molecule has 0 saturated heterocycles. The van der Waals surface area contributed by atoms with Crippen LogP contribution >= 0.6 is 0 Å². The van der Waals surface area contributed by atoms with E-state index in [1.807, 2.05) is 0 Å². The molecule has 2 aromatic carbocycles. The van der Waals surface area contributed by atoms with Gasteiger partial charge in [0.1, 0.15) is 0 Å². The van der Waals surface area contributed by atoms with Gasteiger partial charge in [-0.3, -0.25) is 4.79 Å². The summed E-state index contributed by atoms with van der Waals surface area (Å²) in [4.78, 5) is 22.9. The van der Waals surface area contributed by atoms with E-state index in [0.29, 0.717) is 0 Å². The van der Waals surface area contributed by atoms with Gasteiger partial charge in [0.25, 0.3) is 0 Å². The average Bonchev–Trinajstić information content (AvgIpc) is 2.44. The molecule has 0 spiro atoms. The number of rotatable bonds is 1. The van der Waals surface area contributed by atoms with Crippen molar-refractivity contribution in [3.8, 4) is 0 Å².